The summed E-state index contributed by atoms with van der Waals surface area (Å²) in [5, 5.41) is 0. The molecule has 0 amide bonds. The summed E-state index contributed by atoms with van der Waals surface area (Å²) in [4.78, 5) is -0.109. The Bertz CT molecular complexity index is 1010. The van der Waals surface area contributed by atoms with Crippen LogP contribution >= 0.6 is 0 Å². The van der Waals surface area contributed by atoms with Crippen molar-refractivity contribution in [1.29, 1.82) is 0 Å². The van der Waals surface area contributed by atoms with E-state index in [1.165, 1.54) is 55.1 Å². The number of rotatable bonds is 8. The van der Waals surface area contributed by atoms with Gasteiger partial charge in [0, 0.05) is 20.6 Å². The maximum Gasteiger partial charge on any atom is 0.242 e. The number of sulfonamides is 2. The zero-order valence-electron chi connectivity index (χ0n) is 16.1. The molecule has 0 saturated carbocycles. The highest BCUT2D eigenvalue weighted by atomic mass is 32.2. The third-order valence-corrected chi connectivity index (χ3v) is 7.58. The molecule has 8 heteroatoms. The van der Waals surface area contributed by atoms with Gasteiger partial charge in [0.05, 0.1) is 9.79 Å². The zero-order valence-corrected chi connectivity index (χ0v) is 17.7. The van der Waals surface area contributed by atoms with E-state index in [4.69, 9.17) is 0 Å². The van der Waals surface area contributed by atoms with E-state index < -0.39 is 20.0 Å². The molecule has 1 N–H and O–H groups in total. The predicted octanol–water partition coefficient (Wildman–Crippen LogP) is 2.46. The smallest absolute Gasteiger partial charge is 0.211 e. The van der Waals surface area contributed by atoms with E-state index in [0.29, 0.717) is 6.42 Å². The number of nitrogens with one attached hydrogen (secondary N) is 1. The molecule has 0 aliphatic heterocycles. The second-order valence-corrected chi connectivity index (χ2v) is 10.6. The lowest BCUT2D eigenvalue weighted by molar-refractivity contribution is 0.520. The molecule has 6 nitrogen and oxygen atoms in total. The number of benzene rings is 2. The van der Waals surface area contributed by atoms with Gasteiger partial charge in [0.25, 0.3) is 0 Å². The van der Waals surface area contributed by atoms with Crippen LogP contribution in [0, 0.1) is 13.8 Å². The predicted molar refractivity (Wildman–Crippen MR) is 107 cm³/mol. The van der Waals surface area contributed by atoms with Crippen LogP contribution < -0.4 is 4.72 Å². The summed E-state index contributed by atoms with van der Waals surface area (Å²) < 4.78 is 53.0. The molecule has 0 spiro atoms. The van der Waals surface area contributed by atoms with Gasteiger partial charge in [-0.25, -0.2) is 25.9 Å². The van der Waals surface area contributed by atoms with E-state index in [1.807, 2.05) is 19.9 Å². The van der Waals surface area contributed by atoms with Gasteiger partial charge in [-0.2, -0.15) is 0 Å². The summed E-state index contributed by atoms with van der Waals surface area (Å²) in [5.74, 6) is 0. The van der Waals surface area contributed by atoms with Crippen LogP contribution in [0.1, 0.15) is 23.1 Å². The minimum Gasteiger partial charge on any atom is -0.211 e. The van der Waals surface area contributed by atoms with Crippen molar-refractivity contribution >= 4 is 20.0 Å². The van der Waals surface area contributed by atoms with Crippen molar-refractivity contribution in [3.63, 3.8) is 0 Å². The van der Waals surface area contributed by atoms with Crippen LogP contribution in [0.3, 0.4) is 0 Å². The first-order chi connectivity index (χ1) is 12.5. The van der Waals surface area contributed by atoms with Gasteiger partial charge in [-0.15, -0.1) is 0 Å². The van der Waals surface area contributed by atoms with E-state index in [2.05, 4.69) is 16.9 Å². The van der Waals surface area contributed by atoms with Crippen molar-refractivity contribution in [1.82, 2.24) is 9.03 Å². The summed E-state index contributed by atoms with van der Waals surface area (Å²) in [5.41, 5.74) is 3.59. The molecule has 0 saturated heterocycles. The SMILES string of the molecule is Cc1ccc(CCCNS(=O)(=O)c2cccc(S(=O)(=O)N(C)C)c2)c(C)c1. The summed E-state index contributed by atoms with van der Waals surface area (Å²) in [7, 11) is -4.65. The summed E-state index contributed by atoms with van der Waals surface area (Å²) >= 11 is 0. The van der Waals surface area contributed by atoms with E-state index in [0.717, 1.165) is 10.7 Å². The maximum absolute atomic E-state index is 12.5. The second kappa shape index (κ2) is 8.52. The highest BCUT2D eigenvalue weighted by Crippen LogP contribution is 2.18. The Morgan fingerprint density at radius 1 is 0.926 bits per heavy atom. The molecule has 2 aromatic rings. The lowest BCUT2D eigenvalue weighted by Gasteiger charge is -2.13. The third-order valence-electron chi connectivity index (χ3n) is 4.31. The van der Waals surface area contributed by atoms with E-state index in [-0.39, 0.29) is 16.3 Å². The Hall–Kier alpha value is -1.74. The molecule has 0 unspecified atom stereocenters. The van der Waals surface area contributed by atoms with E-state index >= 15 is 0 Å². The molecular weight excluding hydrogens is 384 g/mol. The van der Waals surface area contributed by atoms with Gasteiger partial charge in [0.2, 0.25) is 20.0 Å². The average molecular weight is 411 g/mol. The lowest BCUT2D eigenvalue weighted by atomic mass is 10.0. The molecule has 148 valence electrons. The monoisotopic (exact) mass is 410 g/mol. The molecule has 0 atom stereocenters. The van der Waals surface area contributed by atoms with Crippen LogP contribution in [0.2, 0.25) is 0 Å². The molecule has 0 aliphatic rings. The Labute approximate surface area is 162 Å². The first-order valence-corrected chi connectivity index (χ1v) is 11.5. The third kappa shape index (κ3) is 5.38. The van der Waals surface area contributed by atoms with Crippen molar-refractivity contribution in [3.8, 4) is 0 Å². The van der Waals surface area contributed by atoms with Gasteiger partial charge >= 0.3 is 0 Å². The van der Waals surface area contributed by atoms with Gasteiger partial charge < -0.3 is 0 Å². The van der Waals surface area contributed by atoms with Gasteiger partial charge in [-0.05, 0) is 56.0 Å². The largest absolute Gasteiger partial charge is 0.242 e. The fourth-order valence-electron chi connectivity index (χ4n) is 2.71. The highest BCUT2D eigenvalue weighted by molar-refractivity contribution is 7.90. The number of nitrogens with zero attached hydrogens (tertiary/aromatic N) is 1. The Kier molecular flexibility index (Phi) is 6.80. The topological polar surface area (TPSA) is 83.5 Å². The minimum absolute atomic E-state index is 0.0503. The fourth-order valence-corrected chi connectivity index (χ4v) is 4.85. The molecule has 27 heavy (non-hydrogen) atoms. The normalized spacial score (nSPS) is 12.5. The Balaban J connectivity index is 2.04. The van der Waals surface area contributed by atoms with Gasteiger partial charge in [-0.1, -0.05) is 29.8 Å². The van der Waals surface area contributed by atoms with Crippen LogP contribution in [0.4, 0.5) is 0 Å². The van der Waals surface area contributed by atoms with Crippen molar-refractivity contribution in [2.24, 2.45) is 0 Å². The maximum atomic E-state index is 12.5. The van der Waals surface area contributed by atoms with Crippen molar-refractivity contribution in [3.05, 3.63) is 59.2 Å². The quantitative estimate of drug-likeness (QED) is 0.678. The molecule has 2 rings (SSSR count). The van der Waals surface area contributed by atoms with Gasteiger partial charge in [0.1, 0.15) is 0 Å². The average Bonchev–Trinajstić information content (AvgIpc) is 2.60. The lowest BCUT2D eigenvalue weighted by Crippen LogP contribution is -2.26. The Morgan fingerprint density at radius 3 is 2.22 bits per heavy atom. The number of aryl methyl sites for hydroxylation is 3. The fraction of sp³-hybridized carbons (Fsp3) is 0.368. The first-order valence-electron chi connectivity index (χ1n) is 8.62. The summed E-state index contributed by atoms with van der Waals surface area (Å²) in [6.07, 6.45) is 1.42. The van der Waals surface area contributed by atoms with Crippen molar-refractivity contribution in [2.75, 3.05) is 20.6 Å². The Morgan fingerprint density at radius 2 is 1.59 bits per heavy atom. The van der Waals surface area contributed by atoms with Crippen LogP contribution in [0.15, 0.2) is 52.3 Å². The first kappa shape index (κ1) is 21.6. The number of hydrogen-bond donors (Lipinski definition) is 1. The molecular formula is C19H26N2O4S2. The second-order valence-electron chi connectivity index (χ2n) is 6.69. The number of hydrogen-bond acceptors (Lipinski definition) is 4. The summed E-state index contributed by atoms with van der Waals surface area (Å²) in [6, 6.07) is 11.6. The van der Waals surface area contributed by atoms with E-state index in [9.17, 15) is 16.8 Å². The van der Waals surface area contributed by atoms with Crippen LogP contribution in [-0.4, -0.2) is 41.8 Å². The molecule has 2 aromatic carbocycles. The van der Waals surface area contributed by atoms with Crippen molar-refractivity contribution < 1.29 is 16.8 Å². The van der Waals surface area contributed by atoms with Crippen molar-refractivity contribution in [2.45, 2.75) is 36.5 Å². The molecule has 0 radical (unpaired) electrons. The molecule has 0 aliphatic carbocycles. The molecule has 0 heterocycles. The van der Waals surface area contributed by atoms with Gasteiger partial charge in [-0.3, -0.25) is 0 Å². The molecule has 0 fully saturated rings. The van der Waals surface area contributed by atoms with Crippen LogP contribution in [-0.2, 0) is 26.5 Å². The van der Waals surface area contributed by atoms with Gasteiger partial charge in [0.15, 0.2) is 0 Å². The minimum atomic E-state index is -3.77. The van der Waals surface area contributed by atoms with Crippen LogP contribution in [0.25, 0.3) is 0 Å². The highest BCUT2D eigenvalue weighted by Gasteiger charge is 2.21. The molecule has 0 aromatic heterocycles. The zero-order chi connectivity index (χ0) is 20.2. The van der Waals surface area contributed by atoms with Crippen LogP contribution in [0.5, 0.6) is 0 Å². The molecule has 0 bridgehead atoms. The summed E-state index contributed by atoms with van der Waals surface area (Å²) in [6.45, 7) is 4.36. The standard InChI is InChI=1S/C19H26N2O4S2/c1-15-10-11-17(16(2)13-15)7-6-12-20-26(22,23)18-8-5-9-19(14-18)27(24,25)21(3)4/h5,8-11,13-14,20H,6-7,12H2,1-4H3. The van der Waals surface area contributed by atoms with E-state index in [1.54, 1.807) is 0 Å².